The lowest BCUT2D eigenvalue weighted by molar-refractivity contribution is -0.139. The number of carboxylic acids is 1. The third-order valence-electron chi connectivity index (χ3n) is 2.58. The Bertz CT molecular complexity index is 500. The number of anilines is 1. The Labute approximate surface area is 122 Å². The van der Waals surface area contributed by atoms with E-state index >= 15 is 0 Å². The summed E-state index contributed by atoms with van der Waals surface area (Å²) in [4.78, 5) is 26.6. The van der Waals surface area contributed by atoms with Crippen LogP contribution in [0.1, 0.15) is 12.8 Å². The summed E-state index contributed by atoms with van der Waals surface area (Å²) in [7, 11) is 0. The molecule has 0 saturated carbocycles. The van der Waals surface area contributed by atoms with Crippen molar-refractivity contribution in [2.45, 2.75) is 18.9 Å². The average Bonchev–Trinajstić information content (AvgIpc) is 2.42. The van der Waals surface area contributed by atoms with E-state index in [0.717, 1.165) is 0 Å². The molecule has 8 heteroatoms. The first-order chi connectivity index (χ1) is 9.99. The summed E-state index contributed by atoms with van der Waals surface area (Å²) in [6, 6.07) is 7.17. The molecule has 0 saturated heterocycles. The molecule has 0 spiro atoms. The number of hydrogen-bond donors (Lipinski definition) is 5. The van der Waals surface area contributed by atoms with E-state index in [1.807, 2.05) is 6.07 Å². The van der Waals surface area contributed by atoms with Crippen LogP contribution in [0.3, 0.4) is 0 Å². The smallest absolute Gasteiger partial charge is 0.326 e. The number of rotatable bonds is 7. The van der Waals surface area contributed by atoms with E-state index in [1.54, 1.807) is 24.3 Å². The van der Waals surface area contributed by atoms with E-state index in [4.69, 9.17) is 16.6 Å². The molecule has 114 valence electrons. The van der Waals surface area contributed by atoms with Crippen molar-refractivity contribution in [1.29, 1.82) is 0 Å². The zero-order valence-electron chi connectivity index (χ0n) is 11.5. The summed E-state index contributed by atoms with van der Waals surface area (Å²) >= 11 is 0. The monoisotopic (exact) mass is 293 g/mol. The second kappa shape index (κ2) is 8.41. The molecule has 8 nitrogen and oxygen atoms in total. The van der Waals surface area contributed by atoms with Gasteiger partial charge in [-0.05, 0) is 25.0 Å². The lowest BCUT2D eigenvalue weighted by atomic mass is 10.1. The summed E-state index contributed by atoms with van der Waals surface area (Å²) < 4.78 is 0. The third-order valence-corrected chi connectivity index (χ3v) is 2.58. The maximum absolute atomic E-state index is 11.7. The molecular formula is C13H19N5O3. The van der Waals surface area contributed by atoms with E-state index in [2.05, 4.69) is 15.6 Å². The Kier molecular flexibility index (Phi) is 6.52. The van der Waals surface area contributed by atoms with Gasteiger partial charge in [-0.25, -0.2) is 9.59 Å². The molecule has 0 aliphatic heterocycles. The van der Waals surface area contributed by atoms with Gasteiger partial charge in [0.2, 0.25) is 0 Å². The normalized spacial score (nSPS) is 11.2. The van der Waals surface area contributed by atoms with Gasteiger partial charge in [0.1, 0.15) is 6.04 Å². The maximum Gasteiger partial charge on any atom is 0.326 e. The summed E-state index contributed by atoms with van der Waals surface area (Å²) in [5.41, 5.74) is 10.9. The Balaban J connectivity index is 2.44. The number of aliphatic imine (C=N–C) groups is 1. The van der Waals surface area contributed by atoms with Gasteiger partial charge >= 0.3 is 12.0 Å². The van der Waals surface area contributed by atoms with Crippen LogP contribution in [0.2, 0.25) is 0 Å². The van der Waals surface area contributed by atoms with Gasteiger partial charge in [-0.3, -0.25) is 4.99 Å². The highest BCUT2D eigenvalue weighted by Crippen LogP contribution is 2.05. The highest BCUT2D eigenvalue weighted by molar-refractivity contribution is 5.92. The zero-order valence-corrected chi connectivity index (χ0v) is 11.5. The first-order valence-corrected chi connectivity index (χ1v) is 6.40. The van der Waals surface area contributed by atoms with E-state index < -0.39 is 18.0 Å². The molecule has 0 radical (unpaired) electrons. The van der Waals surface area contributed by atoms with Crippen molar-refractivity contribution in [2.75, 3.05) is 11.9 Å². The van der Waals surface area contributed by atoms with Gasteiger partial charge in [0.25, 0.3) is 0 Å². The summed E-state index contributed by atoms with van der Waals surface area (Å²) in [6.07, 6.45) is 0.675. The highest BCUT2D eigenvalue weighted by atomic mass is 16.4. The van der Waals surface area contributed by atoms with Gasteiger partial charge in [0, 0.05) is 12.2 Å². The number of hydrogen-bond acceptors (Lipinski definition) is 3. The molecule has 0 aromatic heterocycles. The molecule has 7 N–H and O–H groups in total. The molecule has 2 amide bonds. The number of carbonyl (C=O) groups is 2. The predicted molar refractivity (Wildman–Crippen MR) is 79.9 cm³/mol. The minimum atomic E-state index is -1.11. The molecule has 0 aliphatic carbocycles. The SMILES string of the molecule is NC(N)=NCCC[C@H](NC(=O)Nc1ccccc1)C(=O)O. The van der Waals surface area contributed by atoms with Crippen LogP contribution in [0.25, 0.3) is 0 Å². The molecule has 0 bridgehead atoms. The fraction of sp³-hybridized carbons (Fsp3) is 0.308. The van der Waals surface area contributed by atoms with Gasteiger partial charge < -0.3 is 27.2 Å². The standard InChI is InChI=1S/C13H19N5O3/c14-12(15)16-8-4-7-10(11(19)20)18-13(21)17-9-5-2-1-3-6-9/h1-3,5-6,10H,4,7-8H2,(H,19,20)(H4,14,15,16)(H2,17,18,21)/t10-/m0/s1. The van der Waals surface area contributed by atoms with Crippen molar-refractivity contribution in [1.82, 2.24) is 5.32 Å². The molecule has 21 heavy (non-hydrogen) atoms. The lowest BCUT2D eigenvalue weighted by Crippen LogP contribution is -2.43. The third kappa shape index (κ3) is 6.81. The number of nitrogens with two attached hydrogens (primary N) is 2. The van der Waals surface area contributed by atoms with E-state index in [9.17, 15) is 9.59 Å². The Morgan fingerprint density at radius 3 is 2.48 bits per heavy atom. The zero-order chi connectivity index (χ0) is 15.7. The first-order valence-electron chi connectivity index (χ1n) is 6.40. The van der Waals surface area contributed by atoms with Gasteiger partial charge in [0.15, 0.2) is 5.96 Å². The van der Waals surface area contributed by atoms with Crippen molar-refractivity contribution in [3.63, 3.8) is 0 Å². The molecule has 0 fully saturated rings. The number of carbonyl (C=O) groups excluding carboxylic acids is 1. The molecule has 0 unspecified atom stereocenters. The van der Waals surface area contributed by atoms with Crippen LogP contribution >= 0.6 is 0 Å². The summed E-state index contributed by atoms with van der Waals surface area (Å²) in [5, 5.41) is 14.0. The van der Waals surface area contributed by atoms with Crippen LogP contribution in [0.5, 0.6) is 0 Å². The number of para-hydroxylation sites is 1. The Morgan fingerprint density at radius 1 is 1.24 bits per heavy atom. The van der Waals surface area contributed by atoms with Crippen molar-refractivity contribution in [2.24, 2.45) is 16.5 Å². The van der Waals surface area contributed by atoms with E-state index in [0.29, 0.717) is 18.7 Å². The molecule has 1 aromatic rings. The van der Waals surface area contributed by atoms with Crippen LogP contribution < -0.4 is 22.1 Å². The molecular weight excluding hydrogens is 274 g/mol. The fourth-order valence-electron chi connectivity index (χ4n) is 1.61. The second-order valence-electron chi connectivity index (χ2n) is 4.30. The van der Waals surface area contributed by atoms with Gasteiger partial charge in [-0.1, -0.05) is 18.2 Å². The quantitative estimate of drug-likeness (QED) is 0.279. The summed E-state index contributed by atoms with van der Waals surface area (Å²) in [5.74, 6) is -1.15. The molecule has 0 heterocycles. The van der Waals surface area contributed by atoms with Gasteiger partial charge in [-0.2, -0.15) is 0 Å². The van der Waals surface area contributed by atoms with Crippen LogP contribution in [0, 0.1) is 0 Å². The number of urea groups is 1. The van der Waals surface area contributed by atoms with Gasteiger partial charge in [-0.15, -0.1) is 0 Å². The minimum Gasteiger partial charge on any atom is -0.480 e. The maximum atomic E-state index is 11.7. The number of aliphatic carboxylic acids is 1. The molecule has 1 aromatic carbocycles. The van der Waals surface area contributed by atoms with Crippen molar-refractivity contribution >= 4 is 23.6 Å². The Morgan fingerprint density at radius 2 is 1.90 bits per heavy atom. The number of amides is 2. The Hall–Kier alpha value is -2.77. The average molecular weight is 293 g/mol. The minimum absolute atomic E-state index is 0.0448. The van der Waals surface area contributed by atoms with Crippen LogP contribution in [-0.4, -0.2) is 35.7 Å². The number of carboxylic acid groups (broad SMARTS) is 1. The largest absolute Gasteiger partial charge is 0.480 e. The predicted octanol–water partition coefficient (Wildman–Crippen LogP) is 0.315. The summed E-state index contributed by atoms with van der Waals surface area (Å²) in [6.45, 7) is 0.314. The molecule has 1 atom stereocenters. The second-order valence-corrected chi connectivity index (χ2v) is 4.30. The van der Waals surface area contributed by atoms with Crippen LogP contribution in [-0.2, 0) is 4.79 Å². The lowest BCUT2D eigenvalue weighted by Gasteiger charge is -2.14. The van der Waals surface area contributed by atoms with E-state index in [-0.39, 0.29) is 12.4 Å². The number of benzene rings is 1. The van der Waals surface area contributed by atoms with Crippen molar-refractivity contribution < 1.29 is 14.7 Å². The van der Waals surface area contributed by atoms with Gasteiger partial charge in [0.05, 0.1) is 0 Å². The fourth-order valence-corrected chi connectivity index (χ4v) is 1.61. The first kappa shape index (κ1) is 16.3. The molecule has 1 rings (SSSR count). The number of nitrogens with zero attached hydrogens (tertiary/aromatic N) is 1. The molecule has 0 aliphatic rings. The number of guanidine groups is 1. The van der Waals surface area contributed by atoms with Crippen LogP contribution in [0.15, 0.2) is 35.3 Å². The van der Waals surface area contributed by atoms with Crippen molar-refractivity contribution in [3.8, 4) is 0 Å². The highest BCUT2D eigenvalue weighted by Gasteiger charge is 2.19. The topological polar surface area (TPSA) is 143 Å². The van der Waals surface area contributed by atoms with Crippen molar-refractivity contribution in [3.05, 3.63) is 30.3 Å². The van der Waals surface area contributed by atoms with Crippen LogP contribution in [0.4, 0.5) is 10.5 Å². The number of nitrogens with one attached hydrogen (secondary N) is 2. The van der Waals surface area contributed by atoms with E-state index in [1.165, 1.54) is 0 Å².